The van der Waals surface area contributed by atoms with Crippen molar-refractivity contribution in [2.45, 2.75) is 346 Å². The highest BCUT2D eigenvalue weighted by Gasteiger charge is 2.44. The van der Waals surface area contributed by atoms with Crippen LogP contribution in [0.3, 0.4) is 0 Å². The van der Waals surface area contributed by atoms with Crippen molar-refractivity contribution in [2.75, 3.05) is 13.2 Å². The minimum absolute atomic E-state index is 0.184. The van der Waals surface area contributed by atoms with Gasteiger partial charge in [0.15, 0.2) is 6.29 Å². The van der Waals surface area contributed by atoms with Gasteiger partial charge in [0.05, 0.1) is 25.4 Å². The van der Waals surface area contributed by atoms with Gasteiger partial charge >= 0.3 is 0 Å². The summed E-state index contributed by atoms with van der Waals surface area (Å²) in [6, 6.07) is -0.825. The van der Waals surface area contributed by atoms with Crippen LogP contribution in [0, 0.1) is 0 Å². The minimum atomic E-state index is -1.57. The van der Waals surface area contributed by atoms with Crippen molar-refractivity contribution in [3.8, 4) is 0 Å². The molecule has 0 aromatic heterocycles. The second-order valence-corrected chi connectivity index (χ2v) is 23.6. The molecule has 1 rings (SSSR count). The van der Waals surface area contributed by atoms with Crippen LogP contribution in [-0.4, -0.2) is 87.5 Å². The van der Waals surface area contributed by atoms with E-state index in [1.807, 2.05) is 6.08 Å². The molecule has 1 fully saturated rings. The molecular formula is C73H129NO8. The molecule has 9 heteroatoms. The number of rotatable bonds is 59. The van der Waals surface area contributed by atoms with Gasteiger partial charge in [-0.15, -0.1) is 0 Å². The molecule has 0 spiro atoms. The number of hydrogen-bond acceptors (Lipinski definition) is 8. The third-order valence-corrected chi connectivity index (χ3v) is 15.9. The summed E-state index contributed by atoms with van der Waals surface area (Å²) in [6.45, 7) is 3.67. The van der Waals surface area contributed by atoms with E-state index in [9.17, 15) is 30.3 Å². The summed E-state index contributed by atoms with van der Waals surface area (Å²) in [5.41, 5.74) is 0. The number of hydrogen-bond donors (Lipinski definition) is 6. The van der Waals surface area contributed by atoms with E-state index in [1.165, 1.54) is 205 Å². The number of unbranched alkanes of at least 4 members (excludes halogenated alkanes) is 35. The lowest BCUT2D eigenvalue weighted by molar-refractivity contribution is -0.302. The second-order valence-electron chi connectivity index (χ2n) is 23.6. The predicted molar refractivity (Wildman–Crippen MR) is 350 cm³/mol. The Hall–Kier alpha value is -2.89. The van der Waals surface area contributed by atoms with Crippen LogP contribution in [-0.2, 0) is 14.3 Å². The van der Waals surface area contributed by atoms with Crippen LogP contribution in [0.25, 0.3) is 0 Å². The van der Waals surface area contributed by atoms with Gasteiger partial charge in [0.25, 0.3) is 0 Å². The van der Waals surface area contributed by atoms with E-state index in [4.69, 9.17) is 9.47 Å². The Bertz CT molecular complexity index is 1620. The molecule has 0 saturated carbocycles. The average molecular weight is 1150 g/mol. The number of ether oxygens (including phenoxy) is 2. The molecule has 1 aliphatic rings. The number of amides is 1. The maximum atomic E-state index is 13.1. The Morgan fingerprint density at radius 2 is 0.768 bits per heavy atom. The minimum Gasteiger partial charge on any atom is -0.394 e. The number of aliphatic hydroxyl groups excluding tert-OH is 5. The fraction of sp³-hybridized carbons (Fsp3) is 0.767. The van der Waals surface area contributed by atoms with Crippen LogP contribution in [0.5, 0.6) is 0 Å². The first-order valence-electron chi connectivity index (χ1n) is 34.5. The first kappa shape index (κ1) is 77.1. The third kappa shape index (κ3) is 49.4. The normalized spacial score (nSPS) is 18.9. The largest absolute Gasteiger partial charge is 0.394 e. The van der Waals surface area contributed by atoms with E-state index >= 15 is 0 Å². The van der Waals surface area contributed by atoms with Crippen molar-refractivity contribution >= 4 is 5.91 Å². The van der Waals surface area contributed by atoms with Gasteiger partial charge in [-0.05, 0) is 83.5 Å². The Labute approximate surface area is 504 Å². The summed E-state index contributed by atoms with van der Waals surface area (Å²) >= 11 is 0. The predicted octanol–water partition coefficient (Wildman–Crippen LogP) is 18.7. The molecule has 0 bridgehead atoms. The van der Waals surface area contributed by atoms with Crippen LogP contribution in [0.15, 0.2) is 97.2 Å². The van der Waals surface area contributed by atoms with Gasteiger partial charge in [0.2, 0.25) is 5.91 Å². The van der Waals surface area contributed by atoms with Crippen molar-refractivity contribution < 1.29 is 39.8 Å². The molecule has 7 atom stereocenters. The van der Waals surface area contributed by atoms with Crippen molar-refractivity contribution in [1.29, 1.82) is 0 Å². The fourth-order valence-corrected chi connectivity index (χ4v) is 10.5. The summed E-state index contributed by atoms with van der Waals surface area (Å²) < 4.78 is 11.3. The fourth-order valence-electron chi connectivity index (χ4n) is 10.5. The summed E-state index contributed by atoms with van der Waals surface area (Å²) in [5.74, 6) is -0.184. The number of nitrogens with one attached hydrogen (secondary N) is 1. The van der Waals surface area contributed by atoms with Gasteiger partial charge in [-0.1, -0.05) is 310 Å². The van der Waals surface area contributed by atoms with Gasteiger partial charge in [-0.2, -0.15) is 0 Å². The van der Waals surface area contributed by atoms with Gasteiger partial charge in [0.1, 0.15) is 24.4 Å². The second kappa shape index (κ2) is 61.2. The number of aliphatic hydroxyl groups is 5. The molecule has 82 heavy (non-hydrogen) atoms. The van der Waals surface area contributed by atoms with Crippen LogP contribution in [0.4, 0.5) is 0 Å². The van der Waals surface area contributed by atoms with Crippen molar-refractivity contribution in [2.24, 2.45) is 0 Å². The van der Waals surface area contributed by atoms with Gasteiger partial charge in [-0.3, -0.25) is 4.79 Å². The number of carbonyl (C=O) groups is 1. The third-order valence-electron chi connectivity index (χ3n) is 15.9. The highest BCUT2D eigenvalue weighted by molar-refractivity contribution is 5.76. The molecule has 9 nitrogen and oxygen atoms in total. The van der Waals surface area contributed by atoms with E-state index in [-0.39, 0.29) is 12.5 Å². The van der Waals surface area contributed by atoms with E-state index in [0.717, 1.165) is 77.0 Å². The maximum Gasteiger partial charge on any atom is 0.220 e. The lowest BCUT2D eigenvalue weighted by Gasteiger charge is -2.40. The molecular weight excluding hydrogens is 1020 g/mol. The molecule has 0 aliphatic carbocycles. The lowest BCUT2D eigenvalue weighted by atomic mass is 9.99. The average Bonchev–Trinajstić information content (AvgIpc) is 3.52. The molecule has 0 aromatic rings. The van der Waals surface area contributed by atoms with Crippen LogP contribution in [0.2, 0.25) is 0 Å². The van der Waals surface area contributed by atoms with Crippen LogP contribution >= 0.6 is 0 Å². The van der Waals surface area contributed by atoms with Crippen molar-refractivity contribution in [3.05, 3.63) is 97.2 Å². The first-order valence-corrected chi connectivity index (χ1v) is 34.5. The Morgan fingerprint density at radius 1 is 0.427 bits per heavy atom. The van der Waals surface area contributed by atoms with Crippen LogP contribution in [0.1, 0.15) is 303 Å². The highest BCUT2D eigenvalue weighted by atomic mass is 16.7. The Kier molecular flexibility index (Phi) is 57.6. The van der Waals surface area contributed by atoms with Gasteiger partial charge in [-0.25, -0.2) is 0 Å². The molecule has 0 radical (unpaired) electrons. The van der Waals surface area contributed by atoms with E-state index < -0.39 is 49.5 Å². The SMILES string of the molecule is CC/C=C\C/C=C\C/C=C\C/C=C\C/C=C\C/C=C\CCCCCCCCCCCCCCCCCCCCCCC(=O)NC(COC1OC(CO)C(O)C(O)C1O)C(O)/C=C/CC/C=C/CCCCCCCCCCCCCCCC. The maximum absolute atomic E-state index is 13.1. The summed E-state index contributed by atoms with van der Waals surface area (Å²) in [4.78, 5) is 13.1. The Balaban J connectivity index is 2.10. The molecule has 0 aromatic carbocycles. The molecule has 6 N–H and O–H groups in total. The van der Waals surface area contributed by atoms with E-state index in [1.54, 1.807) is 6.08 Å². The quantitative estimate of drug-likeness (QED) is 0.0261. The van der Waals surface area contributed by atoms with E-state index in [0.29, 0.717) is 6.42 Å². The topological polar surface area (TPSA) is 149 Å². The zero-order valence-electron chi connectivity index (χ0n) is 53.0. The molecule has 1 saturated heterocycles. The summed E-state index contributed by atoms with van der Waals surface area (Å²) in [7, 11) is 0. The Morgan fingerprint density at radius 3 is 1.17 bits per heavy atom. The van der Waals surface area contributed by atoms with Crippen molar-refractivity contribution in [1.82, 2.24) is 5.32 Å². The smallest absolute Gasteiger partial charge is 0.220 e. The number of carbonyl (C=O) groups excluding carboxylic acids is 1. The van der Waals surface area contributed by atoms with Gasteiger partial charge in [0, 0.05) is 6.42 Å². The highest BCUT2D eigenvalue weighted by Crippen LogP contribution is 2.23. The number of allylic oxidation sites excluding steroid dienone is 15. The molecule has 7 unspecified atom stereocenters. The summed E-state index contributed by atoms with van der Waals surface area (Å²) in [6.07, 6.45) is 82.3. The molecule has 1 heterocycles. The molecule has 1 aliphatic heterocycles. The van der Waals surface area contributed by atoms with Crippen molar-refractivity contribution in [3.63, 3.8) is 0 Å². The zero-order valence-corrected chi connectivity index (χ0v) is 53.0. The summed E-state index contributed by atoms with van der Waals surface area (Å²) in [5, 5.41) is 54.7. The zero-order chi connectivity index (χ0) is 59.3. The lowest BCUT2D eigenvalue weighted by Crippen LogP contribution is -2.60. The molecule has 1 amide bonds. The first-order chi connectivity index (χ1) is 40.3. The van der Waals surface area contributed by atoms with E-state index in [2.05, 4.69) is 104 Å². The standard InChI is InChI=1S/C73H129NO8/c1-3-5-7-9-11-13-15-17-19-21-23-25-26-27-28-29-30-31-32-33-34-35-36-37-38-39-40-41-42-43-45-47-49-51-53-55-57-59-61-63-69(77)74-66(65-81-73-72(80)71(79)70(78)68(64-75)82-73)67(76)62-60-58-56-54-52-50-48-46-44-24-22-20-18-16-14-12-10-8-6-4-2/h5,7,11,13,17,19,23,25,27-28,30-31,52,54,60,62,66-68,70-73,75-76,78-80H,3-4,6,8-10,12,14-16,18,20-22,24,26,29,32-51,53,55-59,61,63-65H2,1-2H3,(H,74,77)/b7-5-,13-11-,19-17-,25-23-,28-27-,31-30-,54-52+,62-60+. The molecule has 474 valence electrons. The van der Waals surface area contributed by atoms with Crippen LogP contribution < -0.4 is 5.32 Å². The van der Waals surface area contributed by atoms with Gasteiger partial charge < -0.3 is 40.3 Å². The monoisotopic (exact) mass is 1150 g/mol.